The molecular formula is C11H16N2O. The van der Waals surface area contributed by atoms with E-state index in [2.05, 4.69) is 9.88 Å². The van der Waals surface area contributed by atoms with E-state index in [0.717, 1.165) is 13.1 Å². The Bertz CT molecular complexity index is 270. The average molecular weight is 192 g/mol. The first kappa shape index (κ1) is 9.62. The zero-order valence-electron chi connectivity index (χ0n) is 8.26. The van der Waals surface area contributed by atoms with Gasteiger partial charge in [-0.15, -0.1) is 0 Å². The van der Waals surface area contributed by atoms with Gasteiger partial charge < -0.3 is 5.11 Å². The van der Waals surface area contributed by atoms with E-state index in [1.807, 2.05) is 12.1 Å². The molecule has 1 atom stereocenters. The third-order valence-electron chi connectivity index (χ3n) is 2.85. The van der Waals surface area contributed by atoms with Gasteiger partial charge in [-0.3, -0.25) is 9.88 Å². The minimum atomic E-state index is 0.167. The van der Waals surface area contributed by atoms with Crippen molar-refractivity contribution >= 4 is 0 Å². The molecule has 1 aromatic rings. The van der Waals surface area contributed by atoms with E-state index >= 15 is 0 Å². The number of aromatic nitrogens is 1. The van der Waals surface area contributed by atoms with Crippen molar-refractivity contribution in [3.8, 4) is 0 Å². The van der Waals surface area contributed by atoms with Crippen molar-refractivity contribution < 1.29 is 5.11 Å². The molecule has 0 aromatic carbocycles. The quantitative estimate of drug-likeness (QED) is 0.782. The molecule has 2 rings (SSSR count). The first-order valence-electron chi connectivity index (χ1n) is 5.16. The summed E-state index contributed by atoms with van der Waals surface area (Å²) < 4.78 is 0. The predicted octanol–water partition coefficient (Wildman–Crippen LogP) is 1.21. The molecule has 0 aliphatic carbocycles. The Morgan fingerprint density at radius 1 is 1.29 bits per heavy atom. The minimum absolute atomic E-state index is 0.167. The Labute approximate surface area is 84.4 Å². The molecule has 3 nitrogen and oxygen atoms in total. The van der Waals surface area contributed by atoms with Crippen LogP contribution >= 0.6 is 0 Å². The van der Waals surface area contributed by atoms with Crippen LogP contribution in [0.4, 0.5) is 0 Å². The van der Waals surface area contributed by atoms with E-state index in [-0.39, 0.29) is 12.6 Å². The van der Waals surface area contributed by atoms with E-state index in [0.29, 0.717) is 0 Å². The maximum Gasteiger partial charge on any atom is 0.0628 e. The van der Waals surface area contributed by atoms with E-state index in [1.54, 1.807) is 12.4 Å². The van der Waals surface area contributed by atoms with Crippen LogP contribution in [0.1, 0.15) is 24.4 Å². The lowest BCUT2D eigenvalue weighted by Crippen LogP contribution is -2.28. The largest absolute Gasteiger partial charge is 0.394 e. The van der Waals surface area contributed by atoms with Gasteiger partial charge in [-0.25, -0.2) is 0 Å². The van der Waals surface area contributed by atoms with Crippen LogP contribution in [-0.2, 0) is 0 Å². The lowest BCUT2D eigenvalue weighted by molar-refractivity contribution is 0.147. The normalized spacial score (nSPS) is 19.8. The monoisotopic (exact) mass is 192 g/mol. The standard InChI is InChI=1S/C11H16N2O/c14-9-11(13-7-1-2-8-13)10-3-5-12-6-4-10/h3-6,11,14H,1-2,7-9H2/t11-/m1/s1. The van der Waals surface area contributed by atoms with E-state index in [4.69, 9.17) is 0 Å². The third-order valence-corrected chi connectivity index (χ3v) is 2.85. The summed E-state index contributed by atoms with van der Waals surface area (Å²) in [5.41, 5.74) is 1.17. The number of pyridine rings is 1. The van der Waals surface area contributed by atoms with Crippen LogP contribution in [0.3, 0.4) is 0 Å². The number of aliphatic hydroxyl groups excluding tert-OH is 1. The molecule has 0 unspecified atom stereocenters. The van der Waals surface area contributed by atoms with E-state index < -0.39 is 0 Å². The summed E-state index contributed by atoms with van der Waals surface area (Å²) in [4.78, 5) is 6.33. The number of likely N-dealkylation sites (tertiary alicyclic amines) is 1. The predicted molar refractivity (Wildman–Crippen MR) is 54.9 cm³/mol. The molecule has 1 aliphatic heterocycles. The number of hydrogen-bond donors (Lipinski definition) is 1. The number of rotatable bonds is 3. The van der Waals surface area contributed by atoms with Gasteiger partial charge in [-0.1, -0.05) is 0 Å². The Morgan fingerprint density at radius 2 is 1.93 bits per heavy atom. The van der Waals surface area contributed by atoms with Crippen LogP contribution < -0.4 is 0 Å². The fourth-order valence-corrected chi connectivity index (χ4v) is 2.07. The van der Waals surface area contributed by atoms with Crippen LogP contribution in [-0.4, -0.2) is 34.7 Å². The molecule has 0 spiro atoms. The van der Waals surface area contributed by atoms with Crippen molar-refractivity contribution in [1.82, 2.24) is 9.88 Å². The van der Waals surface area contributed by atoms with Crippen LogP contribution in [0.25, 0.3) is 0 Å². The first-order valence-corrected chi connectivity index (χ1v) is 5.16. The van der Waals surface area contributed by atoms with Gasteiger partial charge in [0.1, 0.15) is 0 Å². The molecule has 2 heterocycles. The van der Waals surface area contributed by atoms with Crippen LogP contribution in [0.5, 0.6) is 0 Å². The molecule has 1 fully saturated rings. The summed E-state index contributed by atoms with van der Waals surface area (Å²) in [6, 6.07) is 4.14. The van der Waals surface area contributed by atoms with Gasteiger partial charge in [0.15, 0.2) is 0 Å². The molecular weight excluding hydrogens is 176 g/mol. The molecule has 14 heavy (non-hydrogen) atoms. The second-order valence-electron chi connectivity index (χ2n) is 3.72. The third kappa shape index (κ3) is 1.94. The van der Waals surface area contributed by atoms with Gasteiger partial charge >= 0.3 is 0 Å². The number of hydrogen-bond acceptors (Lipinski definition) is 3. The summed E-state index contributed by atoms with van der Waals surface area (Å²) in [6.07, 6.45) is 6.07. The highest BCUT2D eigenvalue weighted by Gasteiger charge is 2.22. The van der Waals surface area contributed by atoms with Gasteiger partial charge in [-0.2, -0.15) is 0 Å². The summed E-state index contributed by atoms with van der Waals surface area (Å²) in [5, 5.41) is 9.38. The smallest absolute Gasteiger partial charge is 0.0628 e. The van der Waals surface area contributed by atoms with Crippen molar-refractivity contribution in [2.75, 3.05) is 19.7 Å². The minimum Gasteiger partial charge on any atom is -0.394 e. The van der Waals surface area contributed by atoms with Crippen molar-refractivity contribution in [3.05, 3.63) is 30.1 Å². The van der Waals surface area contributed by atoms with Crippen LogP contribution in [0, 0.1) is 0 Å². The van der Waals surface area contributed by atoms with Gasteiger partial charge in [0.2, 0.25) is 0 Å². The second-order valence-corrected chi connectivity index (χ2v) is 3.72. The van der Waals surface area contributed by atoms with Crippen LogP contribution in [0.2, 0.25) is 0 Å². The van der Waals surface area contributed by atoms with Gasteiger partial charge in [0.05, 0.1) is 12.6 Å². The van der Waals surface area contributed by atoms with Crippen LogP contribution in [0.15, 0.2) is 24.5 Å². The van der Waals surface area contributed by atoms with Crippen molar-refractivity contribution in [2.24, 2.45) is 0 Å². The Hall–Kier alpha value is -0.930. The Kier molecular flexibility index (Phi) is 3.11. The highest BCUT2D eigenvalue weighted by atomic mass is 16.3. The van der Waals surface area contributed by atoms with Gasteiger partial charge in [0.25, 0.3) is 0 Å². The molecule has 0 amide bonds. The summed E-state index contributed by atoms with van der Waals surface area (Å²) in [7, 11) is 0. The highest BCUT2D eigenvalue weighted by Crippen LogP contribution is 2.23. The maximum atomic E-state index is 9.38. The molecule has 0 bridgehead atoms. The molecule has 0 saturated carbocycles. The molecule has 3 heteroatoms. The number of nitrogens with zero attached hydrogens (tertiary/aromatic N) is 2. The SMILES string of the molecule is OC[C@H](c1ccncc1)N1CCCC1. The summed E-state index contributed by atoms with van der Waals surface area (Å²) >= 11 is 0. The fraction of sp³-hybridized carbons (Fsp3) is 0.545. The van der Waals surface area contributed by atoms with Crippen molar-refractivity contribution in [3.63, 3.8) is 0 Å². The molecule has 1 saturated heterocycles. The van der Waals surface area contributed by atoms with Gasteiger partial charge in [-0.05, 0) is 43.6 Å². The molecule has 1 aromatic heterocycles. The molecule has 0 radical (unpaired) electrons. The Morgan fingerprint density at radius 3 is 2.50 bits per heavy atom. The lowest BCUT2D eigenvalue weighted by Gasteiger charge is -2.25. The first-order chi connectivity index (χ1) is 6.92. The van der Waals surface area contributed by atoms with Crippen molar-refractivity contribution in [1.29, 1.82) is 0 Å². The Balaban J connectivity index is 2.12. The molecule has 1 N–H and O–H groups in total. The highest BCUT2D eigenvalue weighted by molar-refractivity contribution is 5.15. The van der Waals surface area contributed by atoms with Crippen molar-refractivity contribution in [2.45, 2.75) is 18.9 Å². The summed E-state index contributed by atoms with van der Waals surface area (Å²) in [5.74, 6) is 0. The maximum absolute atomic E-state index is 9.38. The van der Waals surface area contributed by atoms with E-state index in [9.17, 15) is 5.11 Å². The molecule has 1 aliphatic rings. The average Bonchev–Trinajstić information content (AvgIpc) is 2.74. The number of aliphatic hydroxyl groups is 1. The second kappa shape index (κ2) is 4.53. The molecule has 76 valence electrons. The topological polar surface area (TPSA) is 36.4 Å². The van der Waals surface area contributed by atoms with E-state index in [1.165, 1.54) is 18.4 Å². The summed E-state index contributed by atoms with van der Waals surface area (Å²) in [6.45, 7) is 2.41. The van der Waals surface area contributed by atoms with Gasteiger partial charge in [0, 0.05) is 12.4 Å². The fourth-order valence-electron chi connectivity index (χ4n) is 2.07. The lowest BCUT2D eigenvalue weighted by atomic mass is 10.1. The zero-order chi connectivity index (χ0) is 9.80. The zero-order valence-corrected chi connectivity index (χ0v) is 8.26.